The Morgan fingerprint density at radius 1 is 1.25 bits per heavy atom. The second-order valence-corrected chi connectivity index (χ2v) is 7.00. The summed E-state index contributed by atoms with van der Waals surface area (Å²) in [6.45, 7) is 1.93. The summed E-state index contributed by atoms with van der Waals surface area (Å²) < 4.78 is 0. The number of amides is 1. The number of rotatable bonds is 6. The van der Waals surface area contributed by atoms with E-state index in [9.17, 15) is 4.79 Å². The molecule has 1 atom stereocenters. The van der Waals surface area contributed by atoms with Crippen molar-refractivity contribution in [2.45, 2.75) is 24.3 Å². The summed E-state index contributed by atoms with van der Waals surface area (Å²) in [4.78, 5) is 20.9. The molecule has 2 N–H and O–H groups in total. The quantitative estimate of drug-likeness (QED) is 0.633. The van der Waals surface area contributed by atoms with Crippen LogP contribution in [0.2, 0.25) is 5.02 Å². The molecule has 2 aromatic carbocycles. The SMILES string of the molecule is CC(NC(=O)CCSc1ccccc1Cl)c1nc2ccccc2[nH]1. The van der Waals surface area contributed by atoms with Crippen LogP contribution in [0.1, 0.15) is 25.2 Å². The molecule has 0 aliphatic rings. The number of hydrogen-bond acceptors (Lipinski definition) is 3. The molecule has 1 amide bonds. The normalized spacial score (nSPS) is 12.2. The number of nitrogens with zero attached hydrogens (tertiary/aromatic N) is 1. The van der Waals surface area contributed by atoms with E-state index >= 15 is 0 Å². The molecule has 1 unspecified atom stereocenters. The first-order valence-corrected chi connectivity index (χ1v) is 9.11. The summed E-state index contributed by atoms with van der Waals surface area (Å²) in [6.07, 6.45) is 0.431. The average Bonchev–Trinajstić information content (AvgIpc) is 3.01. The van der Waals surface area contributed by atoms with E-state index in [2.05, 4.69) is 15.3 Å². The van der Waals surface area contributed by atoms with Crippen molar-refractivity contribution in [1.82, 2.24) is 15.3 Å². The number of aromatic nitrogens is 2. The number of carbonyl (C=O) groups excluding carboxylic acids is 1. The van der Waals surface area contributed by atoms with Crippen LogP contribution >= 0.6 is 23.4 Å². The fourth-order valence-electron chi connectivity index (χ4n) is 2.38. The Morgan fingerprint density at radius 2 is 2.00 bits per heavy atom. The third-order valence-electron chi connectivity index (χ3n) is 3.62. The van der Waals surface area contributed by atoms with Gasteiger partial charge in [-0.05, 0) is 31.2 Å². The molecule has 3 rings (SSSR count). The van der Waals surface area contributed by atoms with Crippen molar-refractivity contribution < 1.29 is 4.79 Å². The minimum Gasteiger partial charge on any atom is -0.346 e. The zero-order valence-electron chi connectivity index (χ0n) is 13.3. The third-order valence-corrected chi connectivity index (χ3v) is 5.14. The molecule has 3 aromatic rings. The van der Waals surface area contributed by atoms with E-state index < -0.39 is 0 Å². The Kier molecular flexibility index (Phi) is 5.43. The zero-order valence-corrected chi connectivity index (χ0v) is 14.8. The Hall–Kier alpha value is -1.98. The highest BCUT2D eigenvalue weighted by Crippen LogP contribution is 2.27. The van der Waals surface area contributed by atoms with Crippen LogP contribution in [0.25, 0.3) is 11.0 Å². The van der Waals surface area contributed by atoms with E-state index in [1.165, 1.54) is 0 Å². The maximum Gasteiger partial charge on any atom is 0.221 e. The molecule has 0 bridgehead atoms. The Bertz CT molecular complexity index is 816. The van der Waals surface area contributed by atoms with E-state index in [1.54, 1.807) is 11.8 Å². The number of aromatic amines is 1. The van der Waals surface area contributed by atoms with E-state index in [0.29, 0.717) is 12.2 Å². The van der Waals surface area contributed by atoms with Crippen molar-refractivity contribution in [3.05, 3.63) is 59.4 Å². The summed E-state index contributed by atoms with van der Waals surface area (Å²) in [5.41, 5.74) is 1.88. The number of nitrogens with one attached hydrogen (secondary N) is 2. The van der Waals surface area contributed by atoms with Crippen LogP contribution in [0.5, 0.6) is 0 Å². The maximum absolute atomic E-state index is 12.1. The highest BCUT2D eigenvalue weighted by molar-refractivity contribution is 7.99. The van der Waals surface area contributed by atoms with Crippen molar-refractivity contribution in [1.29, 1.82) is 0 Å². The first kappa shape index (κ1) is 16.9. The Morgan fingerprint density at radius 3 is 2.79 bits per heavy atom. The second kappa shape index (κ2) is 7.73. The monoisotopic (exact) mass is 359 g/mol. The molecule has 0 fully saturated rings. The number of imidazole rings is 1. The van der Waals surface area contributed by atoms with Crippen molar-refractivity contribution in [3.63, 3.8) is 0 Å². The van der Waals surface area contributed by atoms with Gasteiger partial charge >= 0.3 is 0 Å². The summed E-state index contributed by atoms with van der Waals surface area (Å²) in [5.74, 6) is 1.45. The van der Waals surface area contributed by atoms with Crippen LogP contribution in [0.15, 0.2) is 53.4 Å². The smallest absolute Gasteiger partial charge is 0.221 e. The van der Waals surface area contributed by atoms with Gasteiger partial charge in [-0.1, -0.05) is 35.9 Å². The lowest BCUT2D eigenvalue weighted by molar-refractivity contribution is -0.121. The molecular weight excluding hydrogens is 342 g/mol. The lowest BCUT2D eigenvalue weighted by Gasteiger charge is -2.11. The minimum absolute atomic E-state index is 0.00232. The van der Waals surface area contributed by atoms with Gasteiger partial charge in [0.25, 0.3) is 0 Å². The molecule has 24 heavy (non-hydrogen) atoms. The van der Waals surface area contributed by atoms with Crippen LogP contribution in [0.3, 0.4) is 0 Å². The lowest BCUT2D eigenvalue weighted by Crippen LogP contribution is -2.27. The molecule has 1 heterocycles. The first-order valence-electron chi connectivity index (χ1n) is 7.75. The Balaban J connectivity index is 1.51. The zero-order chi connectivity index (χ0) is 16.9. The molecule has 0 saturated heterocycles. The summed E-state index contributed by atoms with van der Waals surface area (Å²) in [5, 5.41) is 3.70. The number of H-pyrrole nitrogens is 1. The second-order valence-electron chi connectivity index (χ2n) is 5.46. The molecule has 0 saturated carbocycles. The molecule has 1 aromatic heterocycles. The van der Waals surface area contributed by atoms with Crippen molar-refractivity contribution in [2.24, 2.45) is 0 Å². The number of halogens is 1. The van der Waals surface area contributed by atoms with E-state index in [0.717, 1.165) is 26.8 Å². The molecule has 124 valence electrons. The third kappa shape index (κ3) is 4.10. The van der Waals surface area contributed by atoms with Gasteiger partial charge in [0.05, 0.1) is 22.1 Å². The van der Waals surface area contributed by atoms with Crippen molar-refractivity contribution >= 4 is 40.3 Å². The molecule has 0 radical (unpaired) electrons. The summed E-state index contributed by atoms with van der Waals surface area (Å²) >= 11 is 7.69. The summed E-state index contributed by atoms with van der Waals surface area (Å²) in [6, 6.07) is 15.3. The standard InChI is InChI=1S/C18H18ClN3OS/c1-12(18-21-14-7-3-4-8-15(14)22-18)20-17(23)10-11-24-16-9-5-2-6-13(16)19/h2-9,12H,10-11H2,1H3,(H,20,23)(H,21,22). The van der Waals surface area contributed by atoms with Gasteiger partial charge in [0.1, 0.15) is 5.82 Å². The maximum atomic E-state index is 12.1. The van der Waals surface area contributed by atoms with Gasteiger partial charge in [-0.3, -0.25) is 4.79 Å². The van der Waals surface area contributed by atoms with Crippen LogP contribution < -0.4 is 5.32 Å². The summed E-state index contributed by atoms with van der Waals surface area (Å²) in [7, 11) is 0. The predicted octanol–water partition coefficient (Wildman–Crippen LogP) is 4.58. The average molecular weight is 360 g/mol. The highest BCUT2D eigenvalue weighted by atomic mass is 35.5. The molecule has 0 aliphatic heterocycles. The predicted molar refractivity (Wildman–Crippen MR) is 99.4 cm³/mol. The van der Waals surface area contributed by atoms with Crippen LogP contribution in [-0.2, 0) is 4.79 Å². The van der Waals surface area contributed by atoms with Crippen LogP contribution in [-0.4, -0.2) is 21.6 Å². The van der Waals surface area contributed by atoms with Crippen molar-refractivity contribution in [2.75, 3.05) is 5.75 Å². The lowest BCUT2D eigenvalue weighted by atomic mass is 10.3. The van der Waals surface area contributed by atoms with Gasteiger partial charge in [-0.15, -0.1) is 11.8 Å². The fraction of sp³-hybridized carbons (Fsp3) is 0.222. The fourth-order valence-corrected chi connectivity index (χ4v) is 3.56. The van der Waals surface area contributed by atoms with E-state index in [4.69, 9.17) is 11.6 Å². The number of carbonyl (C=O) groups is 1. The van der Waals surface area contributed by atoms with Gasteiger partial charge in [-0.25, -0.2) is 4.98 Å². The molecule has 4 nitrogen and oxygen atoms in total. The topological polar surface area (TPSA) is 57.8 Å². The van der Waals surface area contributed by atoms with Gasteiger partial charge in [0.15, 0.2) is 0 Å². The van der Waals surface area contributed by atoms with Crippen molar-refractivity contribution in [3.8, 4) is 0 Å². The van der Waals surface area contributed by atoms with E-state index in [-0.39, 0.29) is 11.9 Å². The van der Waals surface area contributed by atoms with Gasteiger partial charge in [0.2, 0.25) is 5.91 Å². The van der Waals surface area contributed by atoms with Gasteiger partial charge in [-0.2, -0.15) is 0 Å². The van der Waals surface area contributed by atoms with Gasteiger partial charge < -0.3 is 10.3 Å². The largest absolute Gasteiger partial charge is 0.346 e. The first-order chi connectivity index (χ1) is 11.6. The molecule has 6 heteroatoms. The number of hydrogen-bond donors (Lipinski definition) is 2. The van der Waals surface area contributed by atoms with E-state index in [1.807, 2.05) is 55.5 Å². The minimum atomic E-state index is -0.157. The highest BCUT2D eigenvalue weighted by Gasteiger charge is 2.13. The molecule has 0 spiro atoms. The Labute approximate surface area is 150 Å². The number of benzene rings is 2. The molecule has 0 aliphatic carbocycles. The van der Waals surface area contributed by atoms with Crippen LogP contribution in [0, 0.1) is 0 Å². The number of thioether (sulfide) groups is 1. The number of para-hydroxylation sites is 2. The van der Waals surface area contributed by atoms with Gasteiger partial charge in [0, 0.05) is 17.1 Å². The van der Waals surface area contributed by atoms with Crippen LogP contribution in [0.4, 0.5) is 0 Å². The molecular formula is C18H18ClN3OS. The number of fused-ring (bicyclic) bond motifs is 1.